The Morgan fingerprint density at radius 1 is 0.464 bits per heavy atom. The average Bonchev–Trinajstić information content (AvgIpc) is 4.06. The van der Waals surface area contributed by atoms with Gasteiger partial charge in [0.25, 0.3) is 0 Å². The summed E-state index contributed by atoms with van der Waals surface area (Å²) in [4.78, 5) is 8.73. The van der Waals surface area contributed by atoms with Gasteiger partial charge in [-0.2, -0.15) is 0 Å². The van der Waals surface area contributed by atoms with Crippen LogP contribution in [-0.4, -0.2) is 19.1 Å². The second-order valence-corrected chi connectivity index (χ2v) is 13.2. The third-order valence-corrected chi connectivity index (χ3v) is 9.75. The van der Waals surface area contributed by atoms with E-state index in [1.54, 1.807) is 0 Å². The quantitative estimate of drug-likeness (QED) is 0.0979. The number of imidazole rings is 2. The molecule has 280 valence electrons. The van der Waals surface area contributed by atoms with Gasteiger partial charge in [-0.15, -0.1) is 35.4 Å². The van der Waals surface area contributed by atoms with Gasteiger partial charge in [-0.3, -0.25) is 11.8 Å². The molecule has 0 fully saturated rings. The first-order valence-corrected chi connectivity index (χ1v) is 18.0. The van der Waals surface area contributed by atoms with Crippen LogP contribution < -0.4 is 0 Å². The molecule has 0 atom stereocenters. The van der Waals surface area contributed by atoms with Crippen LogP contribution in [0, 0.1) is 37.3 Å². The number of aryl methyl sites for hydroxylation is 2. The van der Waals surface area contributed by atoms with E-state index in [9.17, 15) is 0 Å². The molecule has 2 radical (unpaired) electrons. The zero-order chi connectivity index (χ0) is 36.7. The van der Waals surface area contributed by atoms with Gasteiger partial charge >= 0.3 is 0 Å². The molecule has 2 aromatic heterocycles. The van der Waals surface area contributed by atoms with Crippen molar-refractivity contribution in [3.63, 3.8) is 0 Å². The molecule has 0 aliphatic heterocycles. The van der Waals surface area contributed by atoms with Gasteiger partial charge in [-0.25, -0.2) is 0 Å². The van der Waals surface area contributed by atoms with Gasteiger partial charge in [0.1, 0.15) is 0 Å². The molecule has 10 rings (SSSR count). The van der Waals surface area contributed by atoms with Crippen LogP contribution >= 0.6 is 0 Å². The molecule has 0 N–H and O–H groups in total. The van der Waals surface area contributed by atoms with Gasteiger partial charge < -0.3 is 31.9 Å². The maximum Gasteiger partial charge on any atom is 0.0410 e. The Balaban J connectivity index is 0.000000146. The third kappa shape index (κ3) is 9.06. The molecule has 0 bridgehead atoms. The van der Waals surface area contributed by atoms with E-state index in [2.05, 4.69) is 101 Å². The maximum absolute atomic E-state index is 7.14. The van der Waals surface area contributed by atoms with Crippen LogP contribution in [0.5, 0.6) is 0 Å². The zero-order valence-electron chi connectivity index (χ0n) is 30.2. The van der Waals surface area contributed by atoms with Gasteiger partial charge in [-0.05, 0) is 63.2 Å². The van der Waals surface area contributed by atoms with Crippen LogP contribution in [0.2, 0.25) is 0 Å². The molecule has 6 heteroatoms. The van der Waals surface area contributed by atoms with Crippen molar-refractivity contribution in [1.82, 2.24) is 19.1 Å². The number of fused-ring (bicyclic) bond motifs is 6. The number of para-hydroxylation sites is 2. The second-order valence-electron chi connectivity index (χ2n) is 13.2. The molecule has 4 nitrogen and oxygen atoms in total. The zero-order valence-corrected chi connectivity index (χ0v) is 34.6. The van der Waals surface area contributed by atoms with Crippen LogP contribution in [0.25, 0.3) is 33.6 Å². The summed E-state index contributed by atoms with van der Waals surface area (Å²) < 4.78 is 3.84. The van der Waals surface area contributed by atoms with Gasteiger partial charge in [0.15, 0.2) is 0 Å². The third-order valence-electron chi connectivity index (χ3n) is 9.75. The molecule has 56 heavy (non-hydrogen) atoms. The van der Waals surface area contributed by atoms with Crippen molar-refractivity contribution in [2.45, 2.75) is 25.7 Å². The van der Waals surface area contributed by atoms with E-state index < -0.39 is 0 Å². The Bertz CT molecular complexity index is 2570. The second kappa shape index (κ2) is 18.8. The Hall–Kier alpha value is -5.66. The minimum Gasteiger partial charge on any atom is -0.433 e. The van der Waals surface area contributed by atoms with E-state index in [-0.39, 0.29) is 44.8 Å². The van der Waals surface area contributed by atoms with E-state index in [4.69, 9.17) is 12.8 Å². The van der Waals surface area contributed by atoms with E-state index in [1.165, 1.54) is 44.5 Å². The number of rotatable bonds is 5. The fraction of sp³-hybridized carbons (Fsp3) is 0.0800. The van der Waals surface area contributed by atoms with E-state index in [0.29, 0.717) is 0 Å². The Kier molecular flexibility index (Phi) is 13.4. The van der Waals surface area contributed by atoms with Gasteiger partial charge in [0.05, 0.1) is 0 Å². The first kappa shape index (κ1) is 40.0. The summed E-state index contributed by atoms with van der Waals surface area (Å²) >= 11 is 0. The number of benzene rings is 6. The van der Waals surface area contributed by atoms with Crippen molar-refractivity contribution in [2.24, 2.45) is 0 Å². The molecular formula is C50H34Au2N4-4. The normalized spacial score (nSPS) is 10.9. The number of nitrogens with zero attached hydrogens (tertiary/aromatic N) is 4. The summed E-state index contributed by atoms with van der Waals surface area (Å²) in [5, 5.41) is 0. The molecule has 6 aromatic carbocycles. The molecule has 2 heterocycles. The first-order chi connectivity index (χ1) is 26.6. The van der Waals surface area contributed by atoms with Crippen molar-refractivity contribution >= 4 is 0 Å². The fourth-order valence-corrected chi connectivity index (χ4v) is 7.01. The molecule has 0 amide bonds. The summed E-state index contributed by atoms with van der Waals surface area (Å²) in [5.74, 6) is 4.87. The van der Waals surface area contributed by atoms with Crippen LogP contribution in [0.15, 0.2) is 158 Å². The summed E-state index contributed by atoms with van der Waals surface area (Å²) in [5.41, 5.74) is 16.5. The maximum atomic E-state index is 7.14. The monoisotopic (exact) mass is 1080 g/mol. The van der Waals surface area contributed by atoms with Crippen LogP contribution in [0.3, 0.4) is 0 Å². The summed E-state index contributed by atoms with van der Waals surface area (Å²) in [7, 11) is 0. The Labute approximate surface area is 360 Å². The largest absolute Gasteiger partial charge is 0.433 e. The minimum absolute atomic E-state index is 0. The minimum atomic E-state index is 0. The Morgan fingerprint density at radius 2 is 0.893 bits per heavy atom. The van der Waals surface area contributed by atoms with Crippen molar-refractivity contribution in [3.8, 4) is 45.5 Å². The van der Waals surface area contributed by atoms with Crippen molar-refractivity contribution in [1.29, 1.82) is 0 Å². The Morgan fingerprint density at radius 3 is 1.45 bits per heavy atom. The van der Waals surface area contributed by atoms with E-state index >= 15 is 0 Å². The first-order valence-electron chi connectivity index (χ1n) is 18.0. The summed E-state index contributed by atoms with van der Waals surface area (Å²) in [6, 6.07) is 49.4. The molecule has 2 aliphatic carbocycles. The predicted molar refractivity (Wildman–Crippen MR) is 214 cm³/mol. The summed E-state index contributed by atoms with van der Waals surface area (Å²) in [6.45, 7) is 0. The van der Waals surface area contributed by atoms with E-state index in [1.807, 2.05) is 100 Å². The van der Waals surface area contributed by atoms with Gasteiger partial charge in [0.2, 0.25) is 0 Å². The molecular weight excluding hydrogens is 1050 g/mol. The molecule has 8 aromatic rings. The average molecular weight is 1080 g/mol. The van der Waals surface area contributed by atoms with Crippen LogP contribution in [-0.2, 0) is 70.4 Å². The molecule has 0 spiro atoms. The molecule has 2 aliphatic rings. The van der Waals surface area contributed by atoms with Crippen LogP contribution in [0.4, 0.5) is 0 Å². The number of hydrogen-bond acceptors (Lipinski definition) is 2. The number of aromatic nitrogens is 4. The summed E-state index contributed by atoms with van der Waals surface area (Å²) in [6.07, 6.45) is 28.0. The topological polar surface area (TPSA) is 35.6 Å². The SMILES string of the molecule is [Au].[Au].[C-]#Cc1ccc2c(c1)-c1ccccc1C2.[C-]#Cc1ccc2c(c1)Cc1ccccc1-2.[c-]1nc(CCc2cn(-c3ccccc3)[c-]n2)cn1-c1ccccc1. The van der Waals surface area contributed by atoms with Crippen molar-refractivity contribution in [3.05, 3.63) is 228 Å². The predicted octanol–water partition coefficient (Wildman–Crippen LogP) is 9.83. The fourth-order valence-electron chi connectivity index (χ4n) is 7.01. The van der Waals surface area contributed by atoms with Crippen LogP contribution in [0.1, 0.15) is 44.8 Å². The van der Waals surface area contributed by atoms with Gasteiger partial charge in [-0.1, -0.05) is 164 Å². The van der Waals surface area contributed by atoms with Crippen molar-refractivity contribution < 1.29 is 44.8 Å². The van der Waals surface area contributed by atoms with Gasteiger partial charge in [0, 0.05) is 57.4 Å². The molecule has 0 saturated heterocycles. The standard InChI is InChI=1S/C20H16N4.2C15H9.2Au/c1-3-7-19(8-4-1)23-13-17(21-15-23)11-12-18-14-24(16-22-18)20-9-5-2-6-10-20;1-2-11-7-8-15-13(9-11)10-12-5-3-4-6-14(12)15;1-2-11-7-8-13-10-12-5-3-4-6-14(12)15(13)9-11;;/h1-10,13-14H,11-12H2;2*3-9H,10H2;;/q-2;2*-1;;. The molecule has 0 saturated carbocycles. The molecule has 0 unspecified atom stereocenters. The number of hydrogen-bond donors (Lipinski definition) is 0. The smallest absolute Gasteiger partial charge is 0.0410 e. The van der Waals surface area contributed by atoms with Crippen molar-refractivity contribution in [2.75, 3.05) is 0 Å². The van der Waals surface area contributed by atoms with E-state index in [0.717, 1.165) is 59.6 Å².